The number of carbonyl (C=O) groups excluding carboxylic acids is 2. The Labute approximate surface area is 193 Å². The van der Waals surface area contributed by atoms with E-state index in [1.165, 1.54) is 28.8 Å². The van der Waals surface area contributed by atoms with Crippen molar-refractivity contribution in [3.63, 3.8) is 0 Å². The van der Waals surface area contributed by atoms with Gasteiger partial charge in [-0.3, -0.25) is 24.6 Å². The third-order valence-corrected chi connectivity index (χ3v) is 5.72. The molecule has 33 heavy (non-hydrogen) atoms. The number of nitrogens with one attached hydrogen (secondary N) is 1. The van der Waals surface area contributed by atoms with Gasteiger partial charge in [0.15, 0.2) is 5.17 Å². The first-order valence-corrected chi connectivity index (χ1v) is 10.8. The average Bonchev–Trinajstić information content (AvgIpc) is 3.34. The molecule has 4 rings (SSSR count). The second-order valence-electron chi connectivity index (χ2n) is 7.15. The summed E-state index contributed by atoms with van der Waals surface area (Å²) in [6.07, 6.45) is 1.60. The standard InChI is InChI=1S/C22H18N6O4S/c1-13(25-26-22-24-20(29)12-33-22)16-5-9-17(10-6-16)27-14(2)23-19(21(27)30)11-15-3-7-18(8-4-15)28(31)32/h3-11H,12H2,1-2H3,(H,24,26,29)/b19-11-,25-13+. The number of amides is 2. The first-order chi connectivity index (χ1) is 15.8. The fourth-order valence-electron chi connectivity index (χ4n) is 3.19. The minimum absolute atomic E-state index is 0.0201. The van der Waals surface area contributed by atoms with Crippen LogP contribution in [0.25, 0.3) is 6.08 Å². The molecule has 2 aliphatic heterocycles. The van der Waals surface area contributed by atoms with Crippen molar-refractivity contribution in [3.8, 4) is 0 Å². The molecular formula is C22H18N6O4S. The highest BCUT2D eigenvalue weighted by Gasteiger charge is 2.29. The summed E-state index contributed by atoms with van der Waals surface area (Å²) in [7, 11) is 0. The highest BCUT2D eigenvalue weighted by atomic mass is 32.2. The number of nitrogens with zero attached hydrogens (tertiary/aromatic N) is 5. The predicted octanol–water partition coefficient (Wildman–Crippen LogP) is 3.34. The Balaban J connectivity index is 1.50. The predicted molar refractivity (Wildman–Crippen MR) is 128 cm³/mol. The number of thioether (sulfide) groups is 1. The van der Waals surface area contributed by atoms with E-state index in [0.29, 0.717) is 33.7 Å². The molecule has 1 saturated heterocycles. The molecule has 0 saturated carbocycles. The number of non-ortho nitro benzene ring substituents is 1. The Morgan fingerprint density at radius 1 is 1.18 bits per heavy atom. The van der Waals surface area contributed by atoms with Crippen LogP contribution in [-0.2, 0) is 9.59 Å². The fourth-order valence-corrected chi connectivity index (χ4v) is 3.82. The van der Waals surface area contributed by atoms with Gasteiger partial charge in [0.25, 0.3) is 11.6 Å². The van der Waals surface area contributed by atoms with Gasteiger partial charge in [-0.1, -0.05) is 23.9 Å². The van der Waals surface area contributed by atoms with Gasteiger partial charge < -0.3 is 5.32 Å². The van der Waals surface area contributed by atoms with Crippen molar-refractivity contribution in [2.24, 2.45) is 15.2 Å². The van der Waals surface area contributed by atoms with Crippen molar-refractivity contribution in [1.29, 1.82) is 0 Å². The van der Waals surface area contributed by atoms with E-state index in [2.05, 4.69) is 20.5 Å². The summed E-state index contributed by atoms with van der Waals surface area (Å²) in [4.78, 5) is 40.3. The van der Waals surface area contributed by atoms with Crippen LogP contribution in [0.4, 0.5) is 11.4 Å². The van der Waals surface area contributed by atoms with Gasteiger partial charge in [-0.05, 0) is 55.3 Å². The number of nitro benzene ring substituents is 1. The van der Waals surface area contributed by atoms with Crippen LogP contribution < -0.4 is 10.2 Å². The lowest BCUT2D eigenvalue weighted by atomic mass is 10.1. The number of rotatable bonds is 5. The Bertz CT molecular complexity index is 1260. The number of anilines is 1. The molecule has 1 fully saturated rings. The molecule has 0 atom stereocenters. The van der Waals surface area contributed by atoms with Crippen LogP contribution in [-0.4, -0.2) is 39.2 Å². The van der Waals surface area contributed by atoms with Crippen LogP contribution in [0.3, 0.4) is 0 Å². The molecule has 0 radical (unpaired) electrons. The first kappa shape index (κ1) is 22.1. The quantitative estimate of drug-likeness (QED) is 0.315. The van der Waals surface area contributed by atoms with Crippen LogP contribution in [0.1, 0.15) is 25.0 Å². The van der Waals surface area contributed by atoms with Crippen LogP contribution in [0.15, 0.2) is 69.4 Å². The number of aliphatic imine (C=N–C) groups is 1. The van der Waals surface area contributed by atoms with E-state index >= 15 is 0 Å². The topological polar surface area (TPSA) is 130 Å². The van der Waals surface area contributed by atoms with Gasteiger partial charge in [0.05, 0.1) is 22.1 Å². The maximum absolute atomic E-state index is 12.9. The van der Waals surface area contributed by atoms with Crippen molar-refractivity contribution >= 4 is 57.7 Å². The molecule has 11 heteroatoms. The third kappa shape index (κ3) is 4.88. The summed E-state index contributed by atoms with van der Waals surface area (Å²) in [6.45, 7) is 3.54. The summed E-state index contributed by atoms with van der Waals surface area (Å²) in [5.41, 5.74) is 2.99. The highest BCUT2D eigenvalue weighted by molar-refractivity contribution is 8.15. The zero-order chi connectivity index (χ0) is 23.5. The lowest BCUT2D eigenvalue weighted by molar-refractivity contribution is -0.384. The van der Waals surface area contributed by atoms with Gasteiger partial charge in [0, 0.05) is 12.1 Å². The van der Waals surface area contributed by atoms with Gasteiger partial charge in [-0.15, -0.1) is 5.10 Å². The van der Waals surface area contributed by atoms with Crippen LogP contribution in [0.5, 0.6) is 0 Å². The number of nitro groups is 1. The molecular weight excluding hydrogens is 444 g/mol. The molecule has 10 nitrogen and oxygen atoms in total. The van der Waals surface area contributed by atoms with Gasteiger partial charge in [0.1, 0.15) is 11.5 Å². The zero-order valence-corrected chi connectivity index (χ0v) is 18.5. The summed E-state index contributed by atoms with van der Waals surface area (Å²) < 4.78 is 0. The second kappa shape index (κ2) is 9.17. The third-order valence-electron chi connectivity index (χ3n) is 4.86. The molecule has 0 spiro atoms. The summed E-state index contributed by atoms with van der Waals surface area (Å²) in [5.74, 6) is 0.481. The molecule has 2 amide bonds. The average molecular weight is 462 g/mol. The minimum Gasteiger partial charge on any atom is -0.303 e. The number of amidine groups is 2. The van der Waals surface area contributed by atoms with Crippen LogP contribution in [0, 0.1) is 10.1 Å². The molecule has 0 bridgehead atoms. The van der Waals surface area contributed by atoms with Gasteiger partial charge in [-0.2, -0.15) is 5.10 Å². The van der Waals surface area contributed by atoms with Crippen LogP contribution in [0.2, 0.25) is 0 Å². The molecule has 2 aromatic carbocycles. The number of benzene rings is 2. The van der Waals surface area contributed by atoms with Gasteiger partial charge in [-0.25, -0.2) is 4.99 Å². The molecule has 0 aliphatic carbocycles. The molecule has 2 aliphatic rings. The summed E-state index contributed by atoms with van der Waals surface area (Å²) >= 11 is 1.30. The van der Waals surface area contributed by atoms with E-state index < -0.39 is 4.92 Å². The Hall–Kier alpha value is -4.12. The van der Waals surface area contributed by atoms with E-state index in [9.17, 15) is 19.7 Å². The van der Waals surface area contributed by atoms with E-state index in [4.69, 9.17) is 0 Å². The van der Waals surface area contributed by atoms with E-state index in [0.717, 1.165) is 5.56 Å². The summed E-state index contributed by atoms with van der Waals surface area (Å²) in [5, 5.41) is 22.1. The molecule has 2 aromatic rings. The van der Waals surface area contributed by atoms with E-state index in [1.54, 1.807) is 44.2 Å². The van der Waals surface area contributed by atoms with E-state index in [1.807, 2.05) is 12.1 Å². The zero-order valence-electron chi connectivity index (χ0n) is 17.7. The number of hydrogen-bond acceptors (Lipinski definition) is 8. The lowest BCUT2D eigenvalue weighted by Gasteiger charge is -2.16. The SMILES string of the molecule is CC1=N/C(=C\c2ccc([N+](=O)[O-])cc2)C(=O)N1c1ccc(/C(C)=N/N=C2/NC(=O)CS2)cc1. The monoisotopic (exact) mass is 462 g/mol. The molecule has 0 aromatic heterocycles. The number of hydrogen-bond donors (Lipinski definition) is 1. The van der Waals surface area contributed by atoms with E-state index in [-0.39, 0.29) is 23.2 Å². The van der Waals surface area contributed by atoms with Crippen molar-refractivity contribution in [2.75, 3.05) is 10.7 Å². The van der Waals surface area contributed by atoms with Crippen molar-refractivity contribution in [2.45, 2.75) is 13.8 Å². The minimum atomic E-state index is -0.476. The summed E-state index contributed by atoms with van der Waals surface area (Å²) in [6, 6.07) is 13.1. The first-order valence-electron chi connectivity index (χ1n) is 9.83. The van der Waals surface area contributed by atoms with Crippen molar-refractivity contribution < 1.29 is 14.5 Å². The van der Waals surface area contributed by atoms with Crippen LogP contribution >= 0.6 is 11.8 Å². The largest absolute Gasteiger partial charge is 0.303 e. The van der Waals surface area contributed by atoms with Crippen molar-refractivity contribution in [1.82, 2.24) is 5.32 Å². The Morgan fingerprint density at radius 3 is 2.48 bits per heavy atom. The fraction of sp³-hybridized carbons (Fsp3) is 0.136. The smallest absolute Gasteiger partial charge is 0.282 e. The molecule has 166 valence electrons. The lowest BCUT2D eigenvalue weighted by Crippen LogP contribution is -2.30. The van der Waals surface area contributed by atoms with Crippen molar-refractivity contribution in [3.05, 3.63) is 75.5 Å². The maximum atomic E-state index is 12.9. The molecule has 2 heterocycles. The maximum Gasteiger partial charge on any atom is 0.282 e. The van der Waals surface area contributed by atoms with Gasteiger partial charge >= 0.3 is 0 Å². The normalized spacial score (nSPS) is 18.8. The van der Waals surface area contributed by atoms with Gasteiger partial charge in [0.2, 0.25) is 5.91 Å². The number of carbonyl (C=O) groups is 2. The molecule has 1 N–H and O–H groups in total. The second-order valence-corrected chi connectivity index (χ2v) is 8.12. The Kier molecular flexibility index (Phi) is 6.13. The molecule has 0 unspecified atom stereocenters. The Morgan fingerprint density at radius 2 is 1.88 bits per heavy atom. The highest BCUT2D eigenvalue weighted by Crippen LogP contribution is 2.26.